The first-order valence-electron chi connectivity index (χ1n) is 5.70. The highest BCUT2D eigenvalue weighted by molar-refractivity contribution is 5.98. The van der Waals surface area contributed by atoms with Crippen molar-refractivity contribution in [1.29, 1.82) is 0 Å². The maximum Gasteiger partial charge on any atom is 0.251 e. The molecule has 0 radical (unpaired) electrons. The van der Waals surface area contributed by atoms with E-state index in [0.29, 0.717) is 18.5 Å². The van der Waals surface area contributed by atoms with Crippen LogP contribution >= 0.6 is 0 Å². The lowest BCUT2D eigenvalue weighted by Gasteiger charge is -2.12. The Hall–Kier alpha value is -1.84. The fourth-order valence-electron chi connectivity index (χ4n) is 1.98. The molecule has 1 unspecified atom stereocenters. The summed E-state index contributed by atoms with van der Waals surface area (Å²) in [5.74, 6) is -0.187. The monoisotopic (exact) mass is 232 g/mol. The van der Waals surface area contributed by atoms with Crippen molar-refractivity contribution in [3.8, 4) is 0 Å². The lowest BCUT2D eigenvalue weighted by Crippen LogP contribution is -2.40. The van der Waals surface area contributed by atoms with Gasteiger partial charge in [-0.25, -0.2) is 0 Å². The van der Waals surface area contributed by atoms with Crippen LogP contribution in [0.15, 0.2) is 24.3 Å². The molecular weight excluding hydrogens is 216 g/mol. The number of likely N-dealkylation sites (tertiary alicyclic amines) is 1. The zero-order valence-electron chi connectivity index (χ0n) is 10.1. The third kappa shape index (κ3) is 2.46. The topological polar surface area (TPSA) is 49.4 Å². The highest BCUT2D eigenvalue weighted by Gasteiger charge is 2.30. The molecule has 1 aliphatic rings. The predicted molar refractivity (Wildman–Crippen MR) is 64.7 cm³/mol. The molecule has 1 N–H and O–H groups in total. The summed E-state index contributed by atoms with van der Waals surface area (Å²) in [4.78, 5) is 25.2. The molecule has 1 saturated heterocycles. The Morgan fingerprint density at radius 1 is 1.47 bits per heavy atom. The summed E-state index contributed by atoms with van der Waals surface area (Å²) >= 11 is 0. The molecule has 0 saturated carbocycles. The first kappa shape index (κ1) is 11.6. The average molecular weight is 232 g/mol. The van der Waals surface area contributed by atoms with Crippen LogP contribution in [-0.2, 0) is 4.79 Å². The molecular formula is C13H16N2O2. The molecule has 90 valence electrons. The standard InChI is InChI=1S/C13H16N2O2/c1-9-4-3-5-10(8-9)12(16)14-11-6-7-15(2)13(11)17/h3-5,8,11H,6-7H2,1-2H3,(H,14,16). The Balaban J connectivity index is 2.05. The third-order valence-corrected chi connectivity index (χ3v) is 3.01. The zero-order valence-corrected chi connectivity index (χ0v) is 10.1. The molecule has 1 aliphatic heterocycles. The van der Waals surface area contributed by atoms with Crippen LogP contribution in [0.25, 0.3) is 0 Å². The summed E-state index contributed by atoms with van der Waals surface area (Å²) < 4.78 is 0. The number of amides is 2. The van der Waals surface area contributed by atoms with Gasteiger partial charge in [-0.05, 0) is 25.5 Å². The van der Waals surface area contributed by atoms with E-state index in [0.717, 1.165) is 5.56 Å². The van der Waals surface area contributed by atoms with E-state index in [-0.39, 0.29) is 17.9 Å². The summed E-state index contributed by atoms with van der Waals surface area (Å²) in [6.07, 6.45) is 0.687. The molecule has 1 fully saturated rings. The molecule has 2 rings (SSSR count). The number of aryl methyl sites for hydroxylation is 1. The number of hydrogen-bond acceptors (Lipinski definition) is 2. The van der Waals surface area contributed by atoms with Gasteiger partial charge in [-0.15, -0.1) is 0 Å². The number of nitrogens with zero attached hydrogens (tertiary/aromatic N) is 1. The number of nitrogens with one attached hydrogen (secondary N) is 1. The van der Waals surface area contributed by atoms with E-state index in [1.165, 1.54) is 0 Å². The van der Waals surface area contributed by atoms with E-state index in [9.17, 15) is 9.59 Å². The van der Waals surface area contributed by atoms with Gasteiger partial charge in [-0.3, -0.25) is 9.59 Å². The average Bonchev–Trinajstić information content (AvgIpc) is 2.61. The van der Waals surface area contributed by atoms with E-state index in [2.05, 4.69) is 5.32 Å². The maximum atomic E-state index is 11.9. The van der Waals surface area contributed by atoms with Gasteiger partial charge in [0, 0.05) is 19.2 Å². The van der Waals surface area contributed by atoms with Crippen molar-refractivity contribution in [2.45, 2.75) is 19.4 Å². The quantitative estimate of drug-likeness (QED) is 0.825. The lowest BCUT2D eigenvalue weighted by molar-refractivity contribution is -0.128. The van der Waals surface area contributed by atoms with Crippen LogP contribution in [0.1, 0.15) is 22.3 Å². The van der Waals surface area contributed by atoms with E-state index in [1.54, 1.807) is 18.0 Å². The van der Waals surface area contributed by atoms with Crippen LogP contribution in [0.5, 0.6) is 0 Å². The summed E-state index contributed by atoms with van der Waals surface area (Å²) in [5.41, 5.74) is 1.64. The molecule has 17 heavy (non-hydrogen) atoms. The lowest BCUT2D eigenvalue weighted by atomic mass is 10.1. The number of benzene rings is 1. The number of carbonyl (C=O) groups is 2. The zero-order chi connectivity index (χ0) is 12.4. The maximum absolute atomic E-state index is 11.9. The molecule has 1 aromatic carbocycles. The second-order valence-electron chi connectivity index (χ2n) is 4.44. The smallest absolute Gasteiger partial charge is 0.251 e. The van der Waals surface area contributed by atoms with E-state index < -0.39 is 0 Å². The van der Waals surface area contributed by atoms with Crippen LogP contribution in [0.3, 0.4) is 0 Å². The van der Waals surface area contributed by atoms with Crippen LogP contribution in [0.4, 0.5) is 0 Å². The van der Waals surface area contributed by atoms with Crippen molar-refractivity contribution in [2.75, 3.05) is 13.6 Å². The number of rotatable bonds is 2. The van der Waals surface area contributed by atoms with Crippen LogP contribution < -0.4 is 5.32 Å². The highest BCUT2D eigenvalue weighted by atomic mass is 16.2. The summed E-state index contributed by atoms with van der Waals surface area (Å²) in [7, 11) is 1.75. The second-order valence-corrected chi connectivity index (χ2v) is 4.44. The number of carbonyl (C=O) groups excluding carboxylic acids is 2. The minimum atomic E-state index is -0.368. The Morgan fingerprint density at radius 3 is 2.82 bits per heavy atom. The highest BCUT2D eigenvalue weighted by Crippen LogP contribution is 2.10. The summed E-state index contributed by atoms with van der Waals surface area (Å²) in [6.45, 7) is 2.64. The van der Waals surface area contributed by atoms with Crippen molar-refractivity contribution >= 4 is 11.8 Å². The third-order valence-electron chi connectivity index (χ3n) is 3.01. The van der Waals surface area contributed by atoms with Gasteiger partial charge in [0.15, 0.2) is 0 Å². The van der Waals surface area contributed by atoms with Crippen molar-refractivity contribution in [3.63, 3.8) is 0 Å². The van der Waals surface area contributed by atoms with Gasteiger partial charge in [-0.2, -0.15) is 0 Å². The van der Waals surface area contributed by atoms with Crippen LogP contribution in [-0.4, -0.2) is 36.3 Å². The van der Waals surface area contributed by atoms with E-state index in [1.807, 2.05) is 25.1 Å². The van der Waals surface area contributed by atoms with E-state index >= 15 is 0 Å². The van der Waals surface area contributed by atoms with Gasteiger partial charge in [0.1, 0.15) is 6.04 Å². The Bertz CT molecular complexity index is 456. The van der Waals surface area contributed by atoms with Crippen molar-refractivity contribution in [1.82, 2.24) is 10.2 Å². The van der Waals surface area contributed by atoms with Gasteiger partial charge < -0.3 is 10.2 Å². The first-order chi connectivity index (χ1) is 8.08. The van der Waals surface area contributed by atoms with Crippen molar-refractivity contribution < 1.29 is 9.59 Å². The number of likely N-dealkylation sites (N-methyl/N-ethyl adjacent to an activating group) is 1. The summed E-state index contributed by atoms with van der Waals surface area (Å²) in [6, 6.07) is 6.98. The van der Waals surface area contributed by atoms with Gasteiger partial charge >= 0.3 is 0 Å². The Morgan fingerprint density at radius 2 is 2.24 bits per heavy atom. The fourth-order valence-corrected chi connectivity index (χ4v) is 1.98. The molecule has 1 atom stereocenters. The minimum absolute atomic E-state index is 0.00833. The number of hydrogen-bond donors (Lipinski definition) is 1. The van der Waals surface area contributed by atoms with Gasteiger partial charge in [0.25, 0.3) is 5.91 Å². The van der Waals surface area contributed by atoms with E-state index in [4.69, 9.17) is 0 Å². The molecule has 2 amide bonds. The molecule has 1 heterocycles. The van der Waals surface area contributed by atoms with Crippen molar-refractivity contribution in [3.05, 3.63) is 35.4 Å². The van der Waals surface area contributed by atoms with Crippen LogP contribution in [0.2, 0.25) is 0 Å². The van der Waals surface area contributed by atoms with Crippen LogP contribution in [0, 0.1) is 6.92 Å². The molecule has 0 bridgehead atoms. The predicted octanol–water partition coefficient (Wildman–Crippen LogP) is 0.956. The molecule has 4 heteroatoms. The summed E-state index contributed by atoms with van der Waals surface area (Å²) in [5, 5.41) is 2.77. The Kier molecular flexibility index (Phi) is 3.13. The first-order valence-corrected chi connectivity index (χ1v) is 5.70. The fraction of sp³-hybridized carbons (Fsp3) is 0.385. The molecule has 4 nitrogen and oxygen atoms in total. The Labute approximate surface area is 101 Å². The SMILES string of the molecule is Cc1cccc(C(=O)NC2CCN(C)C2=O)c1. The molecule has 0 spiro atoms. The van der Waals surface area contributed by atoms with Crippen molar-refractivity contribution in [2.24, 2.45) is 0 Å². The van der Waals surface area contributed by atoms with Gasteiger partial charge in [0.05, 0.1) is 0 Å². The molecule has 0 aliphatic carbocycles. The second kappa shape index (κ2) is 4.57. The molecule has 0 aromatic heterocycles. The largest absolute Gasteiger partial charge is 0.344 e. The van der Waals surface area contributed by atoms with Gasteiger partial charge in [0.2, 0.25) is 5.91 Å². The minimum Gasteiger partial charge on any atom is -0.344 e. The van der Waals surface area contributed by atoms with Gasteiger partial charge in [-0.1, -0.05) is 17.7 Å². The normalized spacial score (nSPS) is 19.5. The molecule has 1 aromatic rings.